The summed E-state index contributed by atoms with van der Waals surface area (Å²) < 4.78 is 25.4. The number of hydrogen-bond acceptors (Lipinski definition) is 4. The maximum atomic E-state index is 12.7. The second-order valence-electron chi connectivity index (χ2n) is 4.87. The number of hydrogen-bond donors (Lipinski definition) is 0. The van der Waals surface area contributed by atoms with Crippen LogP contribution in [0.15, 0.2) is 64.6 Å². The highest BCUT2D eigenvalue weighted by Gasteiger charge is 2.53. The molecule has 2 atom stereocenters. The first-order valence-electron chi connectivity index (χ1n) is 6.31. The average molecular weight is 285 g/mol. The number of oxime groups is 1. The highest BCUT2D eigenvalue weighted by Crippen LogP contribution is 2.45. The lowest BCUT2D eigenvalue weighted by atomic mass is 10.0. The van der Waals surface area contributed by atoms with Crippen molar-refractivity contribution in [1.82, 2.24) is 0 Å². The summed E-state index contributed by atoms with van der Waals surface area (Å²) in [6, 6.07) is 16.3. The summed E-state index contributed by atoms with van der Waals surface area (Å²) in [6.45, 7) is 0. The molecule has 2 aromatic carbocycles. The summed E-state index contributed by atoms with van der Waals surface area (Å²) in [5, 5.41) is 3.29. The van der Waals surface area contributed by atoms with E-state index >= 15 is 0 Å². The van der Waals surface area contributed by atoms with Crippen molar-refractivity contribution in [2.24, 2.45) is 5.16 Å². The van der Waals surface area contributed by atoms with Crippen molar-refractivity contribution in [3.63, 3.8) is 0 Å². The van der Waals surface area contributed by atoms with E-state index in [1.54, 1.807) is 18.2 Å². The highest BCUT2D eigenvalue weighted by molar-refractivity contribution is 7.93. The van der Waals surface area contributed by atoms with Crippen molar-refractivity contribution >= 4 is 15.5 Å². The summed E-state index contributed by atoms with van der Waals surface area (Å²) in [7, 11) is -3.44. The van der Waals surface area contributed by atoms with Gasteiger partial charge in [0, 0.05) is 11.1 Å². The summed E-state index contributed by atoms with van der Waals surface area (Å²) in [4.78, 5) is 5.77. The third kappa shape index (κ3) is 1.41. The molecule has 0 aliphatic carbocycles. The summed E-state index contributed by atoms with van der Waals surface area (Å²) in [6.07, 6.45) is -0.522. The lowest BCUT2D eigenvalue weighted by Crippen LogP contribution is -2.27. The van der Waals surface area contributed by atoms with Gasteiger partial charge in [-0.2, -0.15) is 0 Å². The Kier molecular flexibility index (Phi) is 2.29. The van der Waals surface area contributed by atoms with Crippen molar-refractivity contribution in [1.29, 1.82) is 0 Å². The predicted molar refractivity (Wildman–Crippen MR) is 74.2 cm³/mol. The molecule has 0 fully saturated rings. The third-order valence-electron chi connectivity index (χ3n) is 3.75. The van der Waals surface area contributed by atoms with Crippen LogP contribution in [0.5, 0.6) is 0 Å². The molecule has 2 unspecified atom stereocenters. The van der Waals surface area contributed by atoms with Crippen molar-refractivity contribution in [3.05, 3.63) is 65.7 Å². The third-order valence-corrected chi connectivity index (χ3v) is 5.87. The molecule has 0 saturated carbocycles. The van der Waals surface area contributed by atoms with Gasteiger partial charge in [0.1, 0.15) is 5.71 Å². The monoisotopic (exact) mass is 285 g/mol. The van der Waals surface area contributed by atoms with Gasteiger partial charge in [0.15, 0.2) is 21.2 Å². The molecule has 0 spiro atoms. The molecule has 0 N–H and O–H groups in total. The van der Waals surface area contributed by atoms with Gasteiger partial charge in [-0.05, 0) is 6.07 Å². The Morgan fingerprint density at radius 2 is 1.65 bits per heavy atom. The summed E-state index contributed by atoms with van der Waals surface area (Å²) >= 11 is 0. The number of nitrogens with zero attached hydrogens (tertiary/aromatic N) is 1. The van der Waals surface area contributed by atoms with E-state index in [-0.39, 0.29) is 0 Å². The number of benzene rings is 2. The van der Waals surface area contributed by atoms with E-state index in [4.69, 9.17) is 4.84 Å². The van der Waals surface area contributed by atoms with E-state index in [0.29, 0.717) is 16.2 Å². The van der Waals surface area contributed by atoms with Gasteiger partial charge in [0.25, 0.3) is 0 Å². The second kappa shape index (κ2) is 3.93. The Labute approximate surface area is 116 Å². The average Bonchev–Trinajstić information content (AvgIpc) is 3.01. The molecule has 0 saturated heterocycles. The molecule has 2 aliphatic rings. The van der Waals surface area contributed by atoms with Gasteiger partial charge >= 0.3 is 0 Å². The van der Waals surface area contributed by atoms with E-state index in [9.17, 15) is 8.42 Å². The fourth-order valence-corrected chi connectivity index (χ4v) is 4.88. The molecular formula is C15H11NO3S. The van der Waals surface area contributed by atoms with Crippen LogP contribution in [0.3, 0.4) is 0 Å². The maximum absolute atomic E-state index is 12.7. The van der Waals surface area contributed by atoms with Crippen LogP contribution >= 0.6 is 0 Å². The van der Waals surface area contributed by atoms with Gasteiger partial charge in [0.05, 0.1) is 4.90 Å². The minimum absolute atomic E-state index is 0.360. The number of sulfone groups is 1. The smallest absolute Gasteiger partial charge is 0.191 e. The summed E-state index contributed by atoms with van der Waals surface area (Å²) in [5.41, 5.74) is 1.98. The van der Waals surface area contributed by atoms with E-state index in [0.717, 1.165) is 5.56 Å². The Hall–Kier alpha value is -2.14. The molecule has 2 aromatic rings. The molecule has 0 amide bonds. The van der Waals surface area contributed by atoms with Crippen molar-refractivity contribution in [2.75, 3.05) is 0 Å². The zero-order chi connectivity index (χ0) is 13.7. The molecule has 0 radical (unpaired) electrons. The Balaban J connectivity index is 1.89. The zero-order valence-corrected chi connectivity index (χ0v) is 11.2. The number of fused-ring (bicyclic) bond motifs is 3. The molecular weight excluding hydrogens is 274 g/mol. The molecule has 2 heterocycles. The first-order valence-corrected chi connectivity index (χ1v) is 7.86. The minimum Gasteiger partial charge on any atom is -0.385 e. The second-order valence-corrected chi connectivity index (χ2v) is 6.91. The van der Waals surface area contributed by atoms with E-state index in [1.165, 1.54) is 0 Å². The molecule has 20 heavy (non-hydrogen) atoms. The molecule has 0 aromatic heterocycles. The number of rotatable bonds is 1. The zero-order valence-electron chi connectivity index (χ0n) is 10.4. The topological polar surface area (TPSA) is 55.7 Å². The van der Waals surface area contributed by atoms with Gasteiger partial charge < -0.3 is 4.84 Å². The largest absolute Gasteiger partial charge is 0.385 e. The minimum atomic E-state index is -3.44. The van der Waals surface area contributed by atoms with E-state index in [1.807, 2.05) is 36.4 Å². The molecule has 4 rings (SSSR count). The van der Waals surface area contributed by atoms with Crippen molar-refractivity contribution in [2.45, 2.75) is 16.2 Å². The summed E-state index contributed by atoms with van der Waals surface area (Å²) in [5.74, 6) is 0. The lowest BCUT2D eigenvalue weighted by molar-refractivity contribution is 0.0885. The Bertz CT molecular complexity index is 812. The quantitative estimate of drug-likeness (QED) is 0.808. The van der Waals surface area contributed by atoms with Gasteiger partial charge in [-0.25, -0.2) is 8.42 Å². The van der Waals surface area contributed by atoms with Gasteiger partial charge in [-0.15, -0.1) is 0 Å². The first-order chi connectivity index (χ1) is 9.69. The Morgan fingerprint density at radius 1 is 0.950 bits per heavy atom. The first kappa shape index (κ1) is 11.7. The highest BCUT2D eigenvalue weighted by atomic mass is 32.2. The van der Waals surface area contributed by atoms with Gasteiger partial charge in [-0.3, -0.25) is 0 Å². The maximum Gasteiger partial charge on any atom is 0.191 e. The molecule has 2 aliphatic heterocycles. The fraction of sp³-hybridized carbons (Fsp3) is 0.133. The van der Waals surface area contributed by atoms with Crippen LogP contribution in [-0.2, 0) is 14.7 Å². The molecule has 0 bridgehead atoms. The molecule has 4 nitrogen and oxygen atoms in total. The Morgan fingerprint density at radius 3 is 2.45 bits per heavy atom. The van der Waals surface area contributed by atoms with Crippen molar-refractivity contribution < 1.29 is 13.3 Å². The fourth-order valence-electron chi connectivity index (χ4n) is 2.83. The van der Waals surface area contributed by atoms with Crippen LogP contribution in [-0.4, -0.2) is 19.4 Å². The van der Waals surface area contributed by atoms with Crippen LogP contribution < -0.4 is 0 Å². The SMILES string of the molecule is O=S1(=O)c2ccccc2C2ON=C(c3ccccc3)C21. The molecule has 100 valence electrons. The predicted octanol–water partition coefficient (Wildman–Crippen LogP) is 2.32. The van der Waals surface area contributed by atoms with Crippen LogP contribution in [0.1, 0.15) is 17.2 Å². The van der Waals surface area contributed by atoms with Gasteiger partial charge in [-0.1, -0.05) is 53.7 Å². The van der Waals surface area contributed by atoms with E-state index < -0.39 is 21.2 Å². The van der Waals surface area contributed by atoms with Crippen LogP contribution in [0.25, 0.3) is 0 Å². The van der Waals surface area contributed by atoms with Crippen LogP contribution in [0.4, 0.5) is 0 Å². The van der Waals surface area contributed by atoms with E-state index in [2.05, 4.69) is 5.16 Å². The normalized spacial score (nSPS) is 25.5. The van der Waals surface area contributed by atoms with Crippen molar-refractivity contribution in [3.8, 4) is 0 Å². The van der Waals surface area contributed by atoms with Gasteiger partial charge in [0.2, 0.25) is 0 Å². The molecule has 5 heteroatoms. The van der Waals surface area contributed by atoms with Crippen LogP contribution in [0, 0.1) is 0 Å². The van der Waals surface area contributed by atoms with Crippen LogP contribution in [0.2, 0.25) is 0 Å². The standard InChI is InChI=1S/C15H11NO3S/c17-20(18)12-9-5-4-8-11(12)14-15(20)13(16-19-14)10-6-2-1-3-7-10/h1-9,14-15H. The lowest BCUT2D eigenvalue weighted by Gasteiger charge is -2.09.